The van der Waals surface area contributed by atoms with Crippen molar-refractivity contribution < 1.29 is 9.59 Å². The average Bonchev–Trinajstić information content (AvgIpc) is 2.53. The molecule has 1 heterocycles. The highest BCUT2D eigenvalue weighted by molar-refractivity contribution is 8.03. The molecular formula is C17H17N3O2S. The molecule has 0 aliphatic carbocycles. The van der Waals surface area contributed by atoms with Gasteiger partial charge in [-0.25, -0.2) is 0 Å². The van der Waals surface area contributed by atoms with Gasteiger partial charge < -0.3 is 11.1 Å². The van der Waals surface area contributed by atoms with Gasteiger partial charge in [-0.05, 0) is 6.92 Å². The molecule has 1 aromatic carbocycles. The molecule has 0 saturated heterocycles. The standard InChI is InChI=1S/C17H17N3O2S/c1-10-13(8-18)17(23-9-14(19)21)20-11(2)15(10)16(22)12-6-4-3-5-7-12/h3-7,10,20H,9H2,1-2H3,(H2,19,21)/t10-/m0/s1. The SMILES string of the molecule is CC1=C(C(=O)c2ccccc2)[C@@H](C)C(C#N)=C(SCC(N)=O)N1. The van der Waals surface area contributed by atoms with Crippen molar-refractivity contribution in [2.24, 2.45) is 11.7 Å². The second kappa shape index (κ2) is 7.16. The Morgan fingerprint density at radius 1 is 1.35 bits per heavy atom. The van der Waals surface area contributed by atoms with Crippen LogP contribution in [0, 0.1) is 17.2 Å². The molecule has 1 amide bonds. The van der Waals surface area contributed by atoms with E-state index < -0.39 is 5.91 Å². The average molecular weight is 327 g/mol. The monoisotopic (exact) mass is 327 g/mol. The predicted octanol–water partition coefficient (Wildman–Crippen LogP) is 2.34. The van der Waals surface area contributed by atoms with E-state index in [1.54, 1.807) is 31.2 Å². The van der Waals surface area contributed by atoms with E-state index in [4.69, 9.17) is 5.73 Å². The minimum atomic E-state index is -0.456. The number of amides is 1. The van der Waals surface area contributed by atoms with Crippen molar-refractivity contribution >= 4 is 23.5 Å². The Hall–Kier alpha value is -2.52. The number of benzene rings is 1. The molecule has 0 unspecified atom stereocenters. The van der Waals surface area contributed by atoms with Crippen molar-refractivity contribution in [3.63, 3.8) is 0 Å². The molecule has 6 heteroatoms. The minimum absolute atomic E-state index is 0.0788. The van der Waals surface area contributed by atoms with Crippen LogP contribution in [0.2, 0.25) is 0 Å². The lowest BCUT2D eigenvalue weighted by Crippen LogP contribution is -2.28. The van der Waals surface area contributed by atoms with Crippen LogP contribution in [0.4, 0.5) is 0 Å². The van der Waals surface area contributed by atoms with Gasteiger partial charge in [0, 0.05) is 22.8 Å². The molecule has 3 N–H and O–H groups in total. The minimum Gasteiger partial charge on any atom is -0.369 e. The highest BCUT2D eigenvalue weighted by Crippen LogP contribution is 2.34. The molecule has 118 valence electrons. The molecule has 2 rings (SSSR count). The first kappa shape index (κ1) is 16.8. The van der Waals surface area contributed by atoms with Gasteiger partial charge in [-0.3, -0.25) is 9.59 Å². The van der Waals surface area contributed by atoms with Crippen LogP contribution in [0.1, 0.15) is 24.2 Å². The number of ketones is 1. The number of hydrogen-bond acceptors (Lipinski definition) is 5. The van der Waals surface area contributed by atoms with Crippen molar-refractivity contribution in [3.05, 3.63) is 57.8 Å². The van der Waals surface area contributed by atoms with Gasteiger partial charge in [0.15, 0.2) is 5.78 Å². The van der Waals surface area contributed by atoms with Crippen LogP contribution in [0.25, 0.3) is 0 Å². The van der Waals surface area contributed by atoms with Crippen LogP contribution in [0.5, 0.6) is 0 Å². The van der Waals surface area contributed by atoms with Gasteiger partial charge in [0.25, 0.3) is 0 Å². The normalized spacial score (nSPS) is 17.5. The molecule has 1 aromatic rings. The van der Waals surface area contributed by atoms with Crippen molar-refractivity contribution in [2.45, 2.75) is 13.8 Å². The zero-order chi connectivity index (χ0) is 17.0. The Morgan fingerprint density at radius 3 is 2.57 bits per heavy atom. The predicted molar refractivity (Wildman–Crippen MR) is 90.1 cm³/mol. The van der Waals surface area contributed by atoms with Crippen molar-refractivity contribution in [1.82, 2.24) is 5.32 Å². The molecule has 0 fully saturated rings. The smallest absolute Gasteiger partial charge is 0.227 e. The van der Waals surface area contributed by atoms with Crippen LogP contribution < -0.4 is 11.1 Å². The van der Waals surface area contributed by atoms with E-state index in [2.05, 4.69) is 11.4 Å². The first-order valence-electron chi connectivity index (χ1n) is 7.08. The number of nitrogens with two attached hydrogens (primary N) is 1. The number of primary amides is 1. The van der Waals surface area contributed by atoms with E-state index in [9.17, 15) is 14.9 Å². The molecule has 0 spiro atoms. The van der Waals surface area contributed by atoms with E-state index in [1.165, 1.54) is 11.8 Å². The molecular weight excluding hydrogens is 310 g/mol. The van der Waals surface area contributed by atoms with E-state index in [-0.39, 0.29) is 17.5 Å². The third-order valence-electron chi connectivity index (χ3n) is 3.58. The Morgan fingerprint density at radius 2 is 2.00 bits per heavy atom. The molecule has 0 bridgehead atoms. The summed E-state index contributed by atoms with van der Waals surface area (Å²) in [6, 6.07) is 11.1. The number of dihydropyridines is 1. The summed E-state index contributed by atoms with van der Waals surface area (Å²) in [7, 11) is 0. The highest BCUT2D eigenvalue weighted by Gasteiger charge is 2.30. The van der Waals surface area contributed by atoms with Gasteiger partial charge in [-0.15, -0.1) is 0 Å². The van der Waals surface area contributed by atoms with E-state index in [0.29, 0.717) is 27.4 Å². The molecule has 1 aliphatic rings. The number of allylic oxidation sites excluding steroid dienone is 3. The Kier molecular flexibility index (Phi) is 5.24. The second-order valence-corrected chi connectivity index (χ2v) is 6.18. The molecule has 23 heavy (non-hydrogen) atoms. The number of nitriles is 1. The van der Waals surface area contributed by atoms with E-state index in [0.717, 1.165) is 0 Å². The highest BCUT2D eigenvalue weighted by atomic mass is 32.2. The molecule has 0 saturated carbocycles. The van der Waals surface area contributed by atoms with Crippen molar-refractivity contribution in [3.8, 4) is 6.07 Å². The van der Waals surface area contributed by atoms with Crippen LogP contribution >= 0.6 is 11.8 Å². The summed E-state index contributed by atoms with van der Waals surface area (Å²) in [6.45, 7) is 3.62. The molecule has 5 nitrogen and oxygen atoms in total. The molecule has 0 radical (unpaired) electrons. The summed E-state index contributed by atoms with van der Waals surface area (Å²) in [5.74, 6) is -0.823. The van der Waals surface area contributed by atoms with Crippen LogP contribution in [-0.2, 0) is 4.79 Å². The van der Waals surface area contributed by atoms with Crippen LogP contribution in [0.15, 0.2) is 52.2 Å². The lowest BCUT2D eigenvalue weighted by atomic mass is 9.85. The van der Waals surface area contributed by atoms with Gasteiger partial charge in [-0.2, -0.15) is 5.26 Å². The summed E-state index contributed by atoms with van der Waals surface area (Å²) in [6.07, 6.45) is 0. The van der Waals surface area contributed by atoms with E-state index in [1.807, 2.05) is 13.0 Å². The van der Waals surface area contributed by atoms with Crippen molar-refractivity contribution in [2.75, 3.05) is 5.75 Å². The van der Waals surface area contributed by atoms with E-state index >= 15 is 0 Å². The fraction of sp³-hybridized carbons (Fsp3) is 0.235. The van der Waals surface area contributed by atoms with Gasteiger partial charge in [0.05, 0.1) is 22.4 Å². The lowest BCUT2D eigenvalue weighted by molar-refractivity contribution is -0.115. The number of carbonyl (C=O) groups is 2. The van der Waals surface area contributed by atoms with Gasteiger partial charge in [0.1, 0.15) is 0 Å². The third-order valence-corrected chi connectivity index (χ3v) is 4.62. The quantitative estimate of drug-likeness (QED) is 0.809. The van der Waals surface area contributed by atoms with Gasteiger partial charge in [-0.1, -0.05) is 49.0 Å². The zero-order valence-corrected chi connectivity index (χ0v) is 13.7. The van der Waals surface area contributed by atoms with Gasteiger partial charge in [0.2, 0.25) is 5.91 Å². The Bertz CT molecular complexity index is 745. The number of nitrogens with one attached hydrogen (secondary N) is 1. The topological polar surface area (TPSA) is 96.0 Å². The summed E-state index contributed by atoms with van der Waals surface area (Å²) >= 11 is 1.18. The Balaban J connectivity index is 2.34. The first-order chi connectivity index (χ1) is 11.0. The largest absolute Gasteiger partial charge is 0.369 e. The number of thioether (sulfide) groups is 1. The number of Topliss-reactive ketones (excluding diaryl/α,β-unsaturated/α-hetero) is 1. The fourth-order valence-corrected chi connectivity index (χ4v) is 3.38. The fourth-order valence-electron chi connectivity index (χ4n) is 2.49. The molecule has 1 aliphatic heterocycles. The van der Waals surface area contributed by atoms with Crippen molar-refractivity contribution in [1.29, 1.82) is 5.26 Å². The first-order valence-corrected chi connectivity index (χ1v) is 8.07. The number of carbonyl (C=O) groups excluding carboxylic acids is 2. The second-order valence-electron chi connectivity index (χ2n) is 5.19. The molecule has 0 aromatic heterocycles. The molecule has 1 atom stereocenters. The number of rotatable bonds is 5. The summed E-state index contributed by atoms with van der Waals surface area (Å²) in [5.41, 5.74) is 7.45. The maximum absolute atomic E-state index is 12.7. The zero-order valence-electron chi connectivity index (χ0n) is 12.9. The van der Waals surface area contributed by atoms with Crippen LogP contribution in [-0.4, -0.2) is 17.4 Å². The lowest BCUT2D eigenvalue weighted by Gasteiger charge is -2.27. The summed E-state index contributed by atoms with van der Waals surface area (Å²) < 4.78 is 0. The maximum Gasteiger partial charge on any atom is 0.227 e. The number of hydrogen-bond donors (Lipinski definition) is 2. The van der Waals surface area contributed by atoms with Crippen LogP contribution in [0.3, 0.4) is 0 Å². The maximum atomic E-state index is 12.7. The van der Waals surface area contributed by atoms with Gasteiger partial charge >= 0.3 is 0 Å². The summed E-state index contributed by atoms with van der Waals surface area (Å²) in [5, 5.41) is 13.1. The summed E-state index contributed by atoms with van der Waals surface area (Å²) in [4.78, 5) is 23.7. The number of nitrogens with zero attached hydrogens (tertiary/aromatic N) is 1. The third kappa shape index (κ3) is 3.63. The Labute approximate surface area is 139 Å².